The van der Waals surface area contributed by atoms with Crippen molar-refractivity contribution in [1.82, 2.24) is 0 Å². The molecule has 43 heavy (non-hydrogen) atoms. The molecule has 0 saturated heterocycles. The molecule has 0 aromatic heterocycles. The Balaban J connectivity index is 4.50. The molecule has 0 aliphatic rings. The first-order valence-electron chi connectivity index (χ1n) is 16.9. The highest BCUT2D eigenvalue weighted by molar-refractivity contribution is 5.70. The van der Waals surface area contributed by atoms with Gasteiger partial charge in [-0.1, -0.05) is 109 Å². The summed E-state index contributed by atoms with van der Waals surface area (Å²) in [6.07, 6.45) is 25.2. The second kappa shape index (κ2) is 27.4. The van der Waals surface area contributed by atoms with Gasteiger partial charge in [0, 0.05) is 19.3 Å². The molecule has 0 aromatic carbocycles. The minimum absolute atomic E-state index is 0.0258. The van der Waals surface area contributed by atoms with E-state index in [-0.39, 0.29) is 49.1 Å². The molecule has 2 unspecified atom stereocenters. The number of hydrogen-bond acceptors (Lipinski definition) is 7. The Labute approximate surface area is 262 Å². The molecular formula is C35H63NO7. The molecule has 0 fully saturated rings. The molecule has 0 rings (SSSR count). The molecule has 0 aromatic rings. The summed E-state index contributed by atoms with van der Waals surface area (Å²) in [6, 6.07) is -0.727. The van der Waals surface area contributed by atoms with Crippen molar-refractivity contribution in [2.45, 2.75) is 142 Å². The van der Waals surface area contributed by atoms with Gasteiger partial charge in [0.15, 0.2) is 6.10 Å². The summed E-state index contributed by atoms with van der Waals surface area (Å²) in [5.41, 5.74) is 0. The lowest BCUT2D eigenvalue weighted by Crippen LogP contribution is -2.55. The Hall–Kier alpha value is -2.19. The highest BCUT2D eigenvalue weighted by Crippen LogP contribution is 2.13. The van der Waals surface area contributed by atoms with Gasteiger partial charge in [-0.15, -0.1) is 0 Å². The SMILES string of the molecule is CC/C=C/C/C=C/CCC(=O)OCC(COCCC(C(=O)[O-])[N+](C)(C)C)OC(=O)CCCCCCCCCCCCCC. The van der Waals surface area contributed by atoms with Crippen molar-refractivity contribution in [3.8, 4) is 0 Å². The van der Waals surface area contributed by atoms with E-state index in [1.807, 2.05) is 12.2 Å². The van der Waals surface area contributed by atoms with Crippen LogP contribution in [-0.4, -0.2) is 75.5 Å². The number of carbonyl (C=O) groups is 3. The Bertz CT molecular complexity index is 773. The molecule has 0 aliphatic carbocycles. The number of unbranched alkanes of at least 4 members (excludes halogenated alkanes) is 11. The van der Waals surface area contributed by atoms with Crippen LogP contribution in [0.1, 0.15) is 129 Å². The Kier molecular flexibility index (Phi) is 26.0. The number of carboxylic acids is 1. The van der Waals surface area contributed by atoms with E-state index in [0.717, 1.165) is 32.1 Å². The van der Waals surface area contributed by atoms with E-state index >= 15 is 0 Å². The van der Waals surface area contributed by atoms with Crippen LogP contribution in [0.3, 0.4) is 0 Å². The monoisotopic (exact) mass is 609 g/mol. The van der Waals surface area contributed by atoms with Crippen LogP contribution >= 0.6 is 0 Å². The fourth-order valence-corrected chi connectivity index (χ4v) is 4.72. The van der Waals surface area contributed by atoms with E-state index in [4.69, 9.17) is 14.2 Å². The third kappa shape index (κ3) is 26.0. The number of allylic oxidation sites excluding steroid dienone is 4. The zero-order valence-corrected chi connectivity index (χ0v) is 28.1. The topological polar surface area (TPSA) is 102 Å². The Morgan fingerprint density at radius 3 is 1.86 bits per heavy atom. The summed E-state index contributed by atoms with van der Waals surface area (Å²) < 4.78 is 16.9. The van der Waals surface area contributed by atoms with E-state index in [1.54, 1.807) is 21.1 Å². The summed E-state index contributed by atoms with van der Waals surface area (Å²) in [7, 11) is 5.37. The molecule has 0 bridgehead atoms. The predicted octanol–water partition coefficient (Wildman–Crippen LogP) is 6.46. The minimum Gasteiger partial charge on any atom is -0.544 e. The van der Waals surface area contributed by atoms with Gasteiger partial charge in [-0.05, 0) is 25.7 Å². The summed E-state index contributed by atoms with van der Waals surface area (Å²) >= 11 is 0. The average Bonchev–Trinajstić information content (AvgIpc) is 2.94. The van der Waals surface area contributed by atoms with E-state index in [1.165, 1.54) is 57.8 Å². The Morgan fingerprint density at radius 1 is 0.721 bits per heavy atom. The summed E-state index contributed by atoms with van der Waals surface area (Å²) in [6.45, 7) is 4.42. The van der Waals surface area contributed by atoms with Gasteiger partial charge in [-0.2, -0.15) is 0 Å². The molecule has 0 amide bonds. The van der Waals surface area contributed by atoms with Crippen LogP contribution in [0, 0.1) is 0 Å². The molecule has 8 nitrogen and oxygen atoms in total. The van der Waals surface area contributed by atoms with Gasteiger partial charge in [-0.3, -0.25) is 9.59 Å². The van der Waals surface area contributed by atoms with E-state index in [0.29, 0.717) is 12.8 Å². The van der Waals surface area contributed by atoms with Crippen LogP contribution in [0.4, 0.5) is 0 Å². The number of aliphatic carboxylic acids is 1. The highest BCUT2D eigenvalue weighted by Gasteiger charge is 2.25. The molecule has 8 heteroatoms. The van der Waals surface area contributed by atoms with Gasteiger partial charge in [0.1, 0.15) is 12.6 Å². The third-order valence-electron chi connectivity index (χ3n) is 7.37. The summed E-state index contributed by atoms with van der Waals surface area (Å²) in [5.74, 6) is -1.83. The van der Waals surface area contributed by atoms with Crippen molar-refractivity contribution in [3.05, 3.63) is 24.3 Å². The molecule has 0 heterocycles. The number of ether oxygens (including phenoxy) is 3. The van der Waals surface area contributed by atoms with E-state index in [9.17, 15) is 19.5 Å². The molecule has 0 N–H and O–H groups in total. The molecule has 0 saturated carbocycles. The maximum absolute atomic E-state index is 12.5. The predicted molar refractivity (Wildman–Crippen MR) is 171 cm³/mol. The van der Waals surface area contributed by atoms with E-state index < -0.39 is 18.1 Å². The van der Waals surface area contributed by atoms with Gasteiger partial charge in [0.25, 0.3) is 0 Å². The minimum atomic E-state index is -1.13. The van der Waals surface area contributed by atoms with Gasteiger partial charge in [0.05, 0.1) is 40.3 Å². The third-order valence-corrected chi connectivity index (χ3v) is 7.37. The summed E-state index contributed by atoms with van der Waals surface area (Å²) in [5, 5.41) is 11.5. The van der Waals surface area contributed by atoms with Crippen LogP contribution in [0.25, 0.3) is 0 Å². The Morgan fingerprint density at radius 2 is 1.30 bits per heavy atom. The van der Waals surface area contributed by atoms with Crippen LogP contribution in [0.2, 0.25) is 0 Å². The zero-order chi connectivity index (χ0) is 32.2. The number of likely N-dealkylation sites (N-methyl/N-ethyl adjacent to an activating group) is 1. The summed E-state index contributed by atoms with van der Waals surface area (Å²) in [4.78, 5) is 36.3. The first-order chi connectivity index (χ1) is 20.6. The first-order valence-corrected chi connectivity index (χ1v) is 16.9. The van der Waals surface area contributed by atoms with Crippen LogP contribution in [-0.2, 0) is 28.6 Å². The zero-order valence-electron chi connectivity index (χ0n) is 28.1. The lowest BCUT2D eigenvalue weighted by molar-refractivity contribution is -0.889. The number of quaternary nitrogens is 1. The normalized spacial score (nSPS) is 13.4. The van der Waals surface area contributed by atoms with Gasteiger partial charge >= 0.3 is 11.9 Å². The first kappa shape index (κ1) is 40.8. The van der Waals surface area contributed by atoms with Crippen molar-refractivity contribution in [1.29, 1.82) is 0 Å². The number of esters is 2. The quantitative estimate of drug-likeness (QED) is 0.0415. The van der Waals surface area contributed by atoms with Gasteiger partial charge < -0.3 is 28.6 Å². The van der Waals surface area contributed by atoms with Crippen LogP contribution < -0.4 is 5.11 Å². The van der Waals surface area contributed by atoms with Crippen molar-refractivity contribution in [2.75, 3.05) is 41.0 Å². The number of nitrogens with zero attached hydrogens (tertiary/aromatic N) is 1. The molecule has 0 spiro atoms. The molecule has 0 radical (unpaired) electrons. The molecule has 2 atom stereocenters. The standard InChI is InChI=1S/C35H63NO7/c1-6-8-10-12-14-15-16-17-18-20-22-24-26-34(38)43-31(29-41-28-27-32(35(39)40)36(3,4)5)30-42-33(37)25-23-21-19-13-11-9-7-2/h9,11,19,21,31-32H,6-8,10,12-18,20,22-30H2,1-5H3/b11-9+,21-19+. The lowest BCUT2D eigenvalue weighted by Gasteiger charge is -2.34. The van der Waals surface area contributed by atoms with Crippen molar-refractivity contribution in [2.24, 2.45) is 0 Å². The van der Waals surface area contributed by atoms with Crippen LogP contribution in [0.5, 0.6) is 0 Å². The van der Waals surface area contributed by atoms with Crippen molar-refractivity contribution >= 4 is 17.9 Å². The number of rotatable bonds is 29. The van der Waals surface area contributed by atoms with Gasteiger partial charge in [-0.25, -0.2) is 0 Å². The maximum atomic E-state index is 12.5. The van der Waals surface area contributed by atoms with E-state index in [2.05, 4.69) is 26.0 Å². The average molecular weight is 610 g/mol. The van der Waals surface area contributed by atoms with Crippen molar-refractivity contribution < 1.29 is 38.2 Å². The molecular weight excluding hydrogens is 546 g/mol. The largest absolute Gasteiger partial charge is 0.544 e. The lowest BCUT2D eigenvalue weighted by atomic mass is 10.0. The second-order valence-electron chi connectivity index (χ2n) is 12.4. The number of carbonyl (C=O) groups excluding carboxylic acids is 3. The molecule has 250 valence electrons. The van der Waals surface area contributed by atoms with Gasteiger partial charge in [0.2, 0.25) is 0 Å². The number of carboxylic acid groups (broad SMARTS) is 1. The van der Waals surface area contributed by atoms with Crippen molar-refractivity contribution in [3.63, 3.8) is 0 Å². The fourth-order valence-electron chi connectivity index (χ4n) is 4.72. The smallest absolute Gasteiger partial charge is 0.306 e. The second-order valence-corrected chi connectivity index (χ2v) is 12.4. The highest BCUT2D eigenvalue weighted by atomic mass is 16.6. The fraction of sp³-hybridized carbons (Fsp3) is 0.800. The number of hydrogen-bond donors (Lipinski definition) is 0. The molecule has 0 aliphatic heterocycles. The maximum Gasteiger partial charge on any atom is 0.306 e. The van der Waals surface area contributed by atoms with Crippen LogP contribution in [0.15, 0.2) is 24.3 Å².